The van der Waals surface area contributed by atoms with E-state index in [0.717, 1.165) is 102 Å². The van der Waals surface area contributed by atoms with Gasteiger partial charge in [-0.25, -0.2) is 18.7 Å². The number of piperidine rings is 2. The highest BCUT2D eigenvalue weighted by Gasteiger charge is 2.37. The van der Waals surface area contributed by atoms with Crippen molar-refractivity contribution >= 4 is 40.7 Å². The highest BCUT2D eigenvalue weighted by atomic mass is 19.1. The molecule has 5 aliphatic rings. The molecule has 0 radical (unpaired) electrons. The third-order valence-electron chi connectivity index (χ3n) is 13.1. The average molecular weight is 784 g/mol. The monoisotopic (exact) mass is 783 g/mol. The molecule has 57 heavy (non-hydrogen) atoms. The van der Waals surface area contributed by atoms with Gasteiger partial charge in [-0.1, -0.05) is 12.1 Å². The number of primary amides is 1. The lowest BCUT2D eigenvalue weighted by molar-refractivity contribution is -0.133. The van der Waals surface area contributed by atoms with Crippen molar-refractivity contribution in [1.29, 1.82) is 0 Å². The van der Waals surface area contributed by atoms with Gasteiger partial charge in [-0.05, 0) is 107 Å². The summed E-state index contributed by atoms with van der Waals surface area (Å²) < 4.78 is 31.0. The van der Waals surface area contributed by atoms with Crippen LogP contribution < -0.4 is 31.1 Å². The minimum atomic E-state index is -0.566. The Kier molecular flexibility index (Phi) is 11.9. The number of imide groups is 1. The Bertz CT molecular complexity index is 1920. The molecular formula is C43H55F2N9O3. The number of amides is 3. The number of carbonyl (C=O) groups excluding carboxylic acids is 3. The number of halogens is 2. The lowest BCUT2D eigenvalue weighted by Gasteiger charge is -2.46. The lowest BCUT2D eigenvalue weighted by atomic mass is 9.82. The molecule has 8 rings (SSSR count). The Balaban J connectivity index is 0.923. The first-order valence-electron chi connectivity index (χ1n) is 21.0. The van der Waals surface area contributed by atoms with E-state index in [1.807, 2.05) is 12.1 Å². The molecule has 0 bridgehead atoms. The third kappa shape index (κ3) is 8.85. The van der Waals surface area contributed by atoms with E-state index < -0.39 is 11.9 Å². The van der Waals surface area contributed by atoms with E-state index in [0.29, 0.717) is 48.6 Å². The number of nitrogens with one attached hydrogen (secondary N) is 2. The van der Waals surface area contributed by atoms with E-state index in [9.17, 15) is 14.4 Å². The molecule has 0 spiro atoms. The number of hydrogen-bond acceptors (Lipinski definition) is 10. The van der Waals surface area contributed by atoms with Gasteiger partial charge in [-0.15, -0.1) is 0 Å². The standard InChI is InChI=1S/C43H55F2N9O3/c44-35-26-30(48-37-16-18-39(55)49-42(37)57)9-17-38(35)53-23-21-52(22-24-53)31-12-14-33(15-13-31)54(32-10-7-28(8-11-32)41(46)56)43-47-27-36(45)40(50-43)29-5-4-6-34(25-29)51-19-2-1-3-20-51/h4-6,9,17,25-28,31-33,37,48H,1-3,7-8,10-16,18-24H2,(H2,46,56)(H,49,55,57). The van der Waals surface area contributed by atoms with Crippen LogP contribution in [0.4, 0.5) is 31.8 Å². The van der Waals surface area contributed by atoms with Crippen LogP contribution in [0, 0.1) is 17.6 Å². The normalized spacial score (nSPS) is 26.2. The van der Waals surface area contributed by atoms with Gasteiger partial charge in [0.15, 0.2) is 5.82 Å². The van der Waals surface area contributed by atoms with Gasteiger partial charge in [0, 0.05) is 86.7 Å². The summed E-state index contributed by atoms with van der Waals surface area (Å²) in [7, 11) is 0. The first-order chi connectivity index (χ1) is 27.7. The van der Waals surface area contributed by atoms with Crippen LogP contribution >= 0.6 is 0 Å². The minimum absolute atomic E-state index is 0.124. The zero-order chi connectivity index (χ0) is 39.5. The van der Waals surface area contributed by atoms with E-state index in [1.165, 1.54) is 18.7 Å². The van der Waals surface area contributed by atoms with Crippen LogP contribution in [0.5, 0.6) is 0 Å². The molecular weight excluding hydrogens is 729 g/mol. The molecule has 4 heterocycles. The molecule has 304 valence electrons. The molecule has 12 nitrogen and oxygen atoms in total. The van der Waals surface area contributed by atoms with Gasteiger partial charge in [0.05, 0.1) is 11.9 Å². The predicted molar refractivity (Wildman–Crippen MR) is 217 cm³/mol. The van der Waals surface area contributed by atoms with E-state index in [1.54, 1.807) is 12.1 Å². The van der Waals surface area contributed by atoms with Gasteiger partial charge in [0.25, 0.3) is 0 Å². The van der Waals surface area contributed by atoms with Crippen LogP contribution in [-0.4, -0.2) is 96.0 Å². The fourth-order valence-corrected chi connectivity index (χ4v) is 9.87. The van der Waals surface area contributed by atoms with E-state index in [4.69, 9.17) is 10.7 Å². The molecule has 3 amide bonds. The smallest absolute Gasteiger partial charge is 0.249 e. The zero-order valence-corrected chi connectivity index (χ0v) is 32.7. The lowest BCUT2D eigenvalue weighted by Crippen LogP contribution is -2.54. The number of anilines is 4. The number of nitrogens with two attached hydrogens (primary N) is 1. The van der Waals surface area contributed by atoms with Gasteiger partial charge >= 0.3 is 0 Å². The van der Waals surface area contributed by atoms with Crippen molar-refractivity contribution in [3.05, 3.63) is 60.3 Å². The second-order valence-corrected chi connectivity index (χ2v) is 16.6. The van der Waals surface area contributed by atoms with Gasteiger partial charge < -0.3 is 25.8 Å². The van der Waals surface area contributed by atoms with Crippen LogP contribution in [0.2, 0.25) is 0 Å². The first-order valence-corrected chi connectivity index (χ1v) is 21.0. The topological polar surface area (TPSA) is 140 Å². The quantitative estimate of drug-likeness (QED) is 0.223. The molecule has 1 unspecified atom stereocenters. The summed E-state index contributed by atoms with van der Waals surface area (Å²) >= 11 is 0. The highest BCUT2D eigenvalue weighted by molar-refractivity contribution is 6.01. The Labute approximate surface area is 333 Å². The molecule has 2 aromatic carbocycles. The summed E-state index contributed by atoms with van der Waals surface area (Å²) in [6.07, 6.45) is 12.5. The van der Waals surface area contributed by atoms with Crippen LogP contribution in [0.15, 0.2) is 48.7 Å². The summed E-state index contributed by atoms with van der Waals surface area (Å²) in [5, 5.41) is 5.40. The summed E-state index contributed by atoms with van der Waals surface area (Å²) in [5.41, 5.74) is 8.94. The van der Waals surface area contributed by atoms with Gasteiger partial charge in [-0.2, -0.15) is 0 Å². The van der Waals surface area contributed by atoms with Crippen LogP contribution in [0.1, 0.15) is 83.5 Å². The minimum Gasteiger partial charge on any atom is -0.374 e. The fourth-order valence-electron chi connectivity index (χ4n) is 9.87. The zero-order valence-electron chi connectivity index (χ0n) is 32.7. The van der Waals surface area contributed by atoms with Crippen LogP contribution in [0.25, 0.3) is 11.3 Å². The first kappa shape index (κ1) is 39.0. The number of benzene rings is 2. The SMILES string of the molecule is NC(=O)C1CCC(N(c2ncc(F)c(-c3cccc(N4CCCCC4)c3)n2)C2CCC(N3CCN(c4ccc(NC5CCC(=O)NC5=O)cc4F)CC3)CC2)CC1. The highest BCUT2D eigenvalue weighted by Crippen LogP contribution is 2.37. The molecule has 14 heteroatoms. The summed E-state index contributed by atoms with van der Waals surface area (Å²) in [4.78, 5) is 54.7. The number of carbonyl (C=O) groups is 3. The number of nitrogens with zero attached hydrogens (tertiary/aromatic N) is 6. The molecule has 5 fully saturated rings. The maximum Gasteiger partial charge on any atom is 0.249 e. The molecule has 3 saturated heterocycles. The number of hydrogen-bond donors (Lipinski definition) is 3. The van der Waals surface area contributed by atoms with Crippen molar-refractivity contribution in [3.8, 4) is 11.3 Å². The maximum atomic E-state index is 15.6. The Hall–Kier alpha value is -4.85. The van der Waals surface area contributed by atoms with Crippen LogP contribution in [0.3, 0.4) is 0 Å². The molecule has 2 saturated carbocycles. The summed E-state index contributed by atoms with van der Waals surface area (Å²) in [6.45, 7) is 5.07. The molecule has 3 aliphatic heterocycles. The Morgan fingerprint density at radius 1 is 0.807 bits per heavy atom. The largest absolute Gasteiger partial charge is 0.374 e. The molecule has 3 aromatic rings. The third-order valence-corrected chi connectivity index (χ3v) is 13.1. The average Bonchev–Trinajstić information content (AvgIpc) is 3.23. The van der Waals surface area contributed by atoms with E-state index >= 15 is 8.78 Å². The van der Waals surface area contributed by atoms with Gasteiger partial charge in [0.1, 0.15) is 17.6 Å². The van der Waals surface area contributed by atoms with Crippen molar-refractivity contribution < 1.29 is 23.2 Å². The van der Waals surface area contributed by atoms with Crippen molar-refractivity contribution in [3.63, 3.8) is 0 Å². The molecule has 2 aliphatic carbocycles. The number of rotatable bonds is 10. The Morgan fingerprint density at radius 2 is 1.53 bits per heavy atom. The maximum absolute atomic E-state index is 15.6. The second kappa shape index (κ2) is 17.3. The number of piperazine rings is 1. The summed E-state index contributed by atoms with van der Waals surface area (Å²) in [5.74, 6) is -1.26. The van der Waals surface area contributed by atoms with E-state index in [-0.39, 0.29) is 48.0 Å². The van der Waals surface area contributed by atoms with Crippen molar-refractivity contribution in [2.45, 2.75) is 108 Å². The fraction of sp³-hybridized carbons (Fsp3) is 0.558. The number of aromatic nitrogens is 2. The second-order valence-electron chi connectivity index (χ2n) is 16.6. The van der Waals surface area contributed by atoms with Crippen molar-refractivity contribution in [2.24, 2.45) is 11.7 Å². The molecule has 1 atom stereocenters. The predicted octanol–water partition coefficient (Wildman–Crippen LogP) is 5.61. The van der Waals surface area contributed by atoms with Crippen molar-refractivity contribution in [2.75, 3.05) is 59.3 Å². The molecule has 4 N–H and O–H groups in total. The Morgan fingerprint density at radius 3 is 2.21 bits per heavy atom. The van der Waals surface area contributed by atoms with E-state index in [2.05, 4.69) is 47.3 Å². The van der Waals surface area contributed by atoms with Gasteiger partial charge in [-0.3, -0.25) is 24.6 Å². The van der Waals surface area contributed by atoms with Gasteiger partial charge in [0.2, 0.25) is 23.7 Å². The summed E-state index contributed by atoms with van der Waals surface area (Å²) in [6, 6.07) is 13.2. The van der Waals surface area contributed by atoms with Crippen LogP contribution in [-0.2, 0) is 14.4 Å². The molecule has 1 aromatic heterocycles. The van der Waals surface area contributed by atoms with Crippen molar-refractivity contribution in [1.82, 2.24) is 20.2 Å².